The number of nitrogens with one attached hydrogen (secondary N) is 1. The lowest BCUT2D eigenvalue weighted by Crippen LogP contribution is -2.65. The van der Waals surface area contributed by atoms with Gasteiger partial charge in [-0.15, -0.1) is 0 Å². The molecule has 3 N–H and O–H groups in total. The third-order valence-corrected chi connectivity index (χ3v) is 6.82. The summed E-state index contributed by atoms with van der Waals surface area (Å²) >= 11 is 0. The number of carbonyl (C=O) groups is 1. The monoisotopic (exact) mass is 388 g/mol. The minimum absolute atomic E-state index is 0.0203. The molecule has 3 aromatic heterocycles. The molecule has 0 bridgehead atoms. The van der Waals surface area contributed by atoms with Gasteiger partial charge in [0.15, 0.2) is 0 Å². The number of nitrogens with two attached hydrogens (primary N) is 1. The molecule has 0 aliphatic carbocycles. The SMILES string of the molecule is CCS(=O)(=O)N1CC(CC(N)=O)(n2cc(-c3ccnc4[nH]ccc34)cn2)C1. The summed E-state index contributed by atoms with van der Waals surface area (Å²) in [6.07, 6.45) is 7.10. The topological polar surface area (TPSA) is 127 Å². The molecular formula is C17H20N6O3S. The molecule has 0 radical (unpaired) electrons. The molecule has 0 aromatic carbocycles. The van der Waals surface area contributed by atoms with Crippen molar-refractivity contribution in [2.24, 2.45) is 5.73 Å². The molecule has 3 aromatic rings. The molecule has 0 spiro atoms. The number of aromatic nitrogens is 4. The van der Waals surface area contributed by atoms with Crippen LogP contribution in [0.3, 0.4) is 0 Å². The number of H-pyrrole nitrogens is 1. The second kappa shape index (κ2) is 6.17. The second-order valence-corrected chi connectivity index (χ2v) is 9.07. The fourth-order valence-corrected chi connectivity index (χ4v) is 4.82. The van der Waals surface area contributed by atoms with E-state index in [1.807, 2.05) is 24.5 Å². The zero-order chi connectivity index (χ0) is 19.2. The van der Waals surface area contributed by atoms with Gasteiger partial charge in [-0.25, -0.2) is 13.4 Å². The molecule has 10 heteroatoms. The maximum absolute atomic E-state index is 12.1. The number of pyridine rings is 1. The van der Waals surface area contributed by atoms with Crippen LogP contribution < -0.4 is 5.73 Å². The molecule has 9 nitrogen and oxygen atoms in total. The van der Waals surface area contributed by atoms with Crippen molar-refractivity contribution in [2.45, 2.75) is 18.9 Å². The zero-order valence-corrected chi connectivity index (χ0v) is 15.6. The number of carbonyl (C=O) groups excluding carboxylic acids is 1. The Morgan fingerprint density at radius 3 is 2.85 bits per heavy atom. The standard InChI is InChI=1S/C17H20N6O3S/c1-2-27(25,26)22-10-17(11-22,7-15(18)24)23-9-12(8-21-23)13-3-5-19-16-14(13)4-6-20-16/h3-6,8-9H,2,7,10-11H2,1H3,(H2,18,24)(H,19,20). The van der Waals surface area contributed by atoms with Crippen LogP contribution in [0.2, 0.25) is 0 Å². The summed E-state index contributed by atoms with van der Waals surface area (Å²) < 4.78 is 27.2. The number of rotatable bonds is 6. The first kappa shape index (κ1) is 17.7. The third kappa shape index (κ3) is 2.90. The van der Waals surface area contributed by atoms with E-state index in [4.69, 9.17) is 5.73 Å². The summed E-state index contributed by atoms with van der Waals surface area (Å²) in [5.41, 5.74) is 7.27. The summed E-state index contributed by atoms with van der Waals surface area (Å²) in [4.78, 5) is 19.0. The maximum atomic E-state index is 12.1. The number of hydrogen-bond donors (Lipinski definition) is 2. The first-order valence-electron chi connectivity index (χ1n) is 8.58. The van der Waals surface area contributed by atoms with Gasteiger partial charge in [-0.1, -0.05) is 0 Å². The van der Waals surface area contributed by atoms with Gasteiger partial charge < -0.3 is 10.7 Å². The first-order chi connectivity index (χ1) is 12.8. The summed E-state index contributed by atoms with van der Waals surface area (Å²) in [6.45, 7) is 1.97. The van der Waals surface area contributed by atoms with Crippen LogP contribution in [0.5, 0.6) is 0 Å². The third-order valence-electron chi connectivity index (χ3n) is 5.04. The van der Waals surface area contributed by atoms with Crippen molar-refractivity contribution in [1.29, 1.82) is 0 Å². The van der Waals surface area contributed by atoms with Crippen molar-refractivity contribution in [3.8, 4) is 11.1 Å². The van der Waals surface area contributed by atoms with Crippen LogP contribution in [0.4, 0.5) is 0 Å². The van der Waals surface area contributed by atoms with Gasteiger partial charge in [-0.3, -0.25) is 9.48 Å². The van der Waals surface area contributed by atoms with Gasteiger partial charge in [0.05, 0.1) is 23.9 Å². The van der Waals surface area contributed by atoms with E-state index in [2.05, 4.69) is 15.1 Å². The zero-order valence-electron chi connectivity index (χ0n) is 14.8. The normalized spacial score (nSPS) is 17.1. The largest absolute Gasteiger partial charge is 0.370 e. The summed E-state index contributed by atoms with van der Waals surface area (Å²) in [5.74, 6) is -0.468. The van der Waals surface area contributed by atoms with Gasteiger partial charge in [-0.2, -0.15) is 9.40 Å². The number of aromatic amines is 1. The van der Waals surface area contributed by atoms with Crippen molar-refractivity contribution in [3.63, 3.8) is 0 Å². The van der Waals surface area contributed by atoms with E-state index in [0.717, 1.165) is 22.2 Å². The highest BCUT2D eigenvalue weighted by Gasteiger charge is 2.50. The lowest BCUT2D eigenvalue weighted by Gasteiger charge is -2.48. The quantitative estimate of drug-likeness (QED) is 0.641. The maximum Gasteiger partial charge on any atom is 0.219 e. The van der Waals surface area contributed by atoms with Gasteiger partial charge in [0.2, 0.25) is 15.9 Å². The van der Waals surface area contributed by atoms with E-state index in [-0.39, 0.29) is 25.3 Å². The molecule has 1 aliphatic rings. The van der Waals surface area contributed by atoms with Crippen LogP contribution in [-0.2, 0) is 20.4 Å². The van der Waals surface area contributed by atoms with Crippen LogP contribution in [0.1, 0.15) is 13.3 Å². The lowest BCUT2D eigenvalue weighted by atomic mass is 9.88. The number of nitrogens with zero attached hydrogens (tertiary/aromatic N) is 4. The van der Waals surface area contributed by atoms with Crippen molar-refractivity contribution < 1.29 is 13.2 Å². The van der Waals surface area contributed by atoms with E-state index in [1.54, 1.807) is 24.0 Å². The predicted molar refractivity (Wildman–Crippen MR) is 100 cm³/mol. The van der Waals surface area contributed by atoms with Crippen LogP contribution >= 0.6 is 0 Å². The molecule has 4 heterocycles. The van der Waals surface area contributed by atoms with Crippen LogP contribution in [0.25, 0.3) is 22.2 Å². The Bertz CT molecular complexity index is 1110. The predicted octanol–water partition coefficient (Wildman–Crippen LogP) is 0.662. The average molecular weight is 388 g/mol. The molecule has 0 atom stereocenters. The number of primary amides is 1. The molecule has 0 saturated carbocycles. The molecule has 27 heavy (non-hydrogen) atoms. The van der Waals surface area contributed by atoms with Gasteiger partial charge in [0, 0.05) is 42.6 Å². The van der Waals surface area contributed by atoms with Gasteiger partial charge in [0.25, 0.3) is 0 Å². The van der Waals surface area contributed by atoms with Crippen molar-refractivity contribution in [1.82, 2.24) is 24.1 Å². The fraction of sp³-hybridized carbons (Fsp3) is 0.353. The molecule has 1 fully saturated rings. The highest BCUT2D eigenvalue weighted by Crippen LogP contribution is 2.36. The Kier molecular flexibility index (Phi) is 4.04. The van der Waals surface area contributed by atoms with Crippen LogP contribution in [0, 0.1) is 0 Å². The molecule has 1 amide bonds. The molecule has 4 rings (SSSR count). The molecule has 0 unspecified atom stereocenters. The van der Waals surface area contributed by atoms with E-state index >= 15 is 0 Å². The van der Waals surface area contributed by atoms with Crippen LogP contribution in [-0.4, -0.2) is 57.2 Å². The van der Waals surface area contributed by atoms with E-state index in [9.17, 15) is 13.2 Å². The highest BCUT2D eigenvalue weighted by atomic mass is 32.2. The molecule has 1 saturated heterocycles. The average Bonchev–Trinajstić information content (AvgIpc) is 3.26. The molecule has 1 aliphatic heterocycles. The summed E-state index contributed by atoms with van der Waals surface area (Å²) in [5, 5.41) is 5.39. The van der Waals surface area contributed by atoms with Gasteiger partial charge in [0.1, 0.15) is 5.65 Å². The van der Waals surface area contributed by atoms with Gasteiger partial charge >= 0.3 is 0 Å². The molecular weight excluding hydrogens is 368 g/mol. The fourth-order valence-electron chi connectivity index (χ4n) is 3.59. The van der Waals surface area contributed by atoms with Crippen molar-refractivity contribution >= 4 is 27.0 Å². The Labute approximate surface area is 156 Å². The van der Waals surface area contributed by atoms with Crippen molar-refractivity contribution in [2.75, 3.05) is 18.8 Å². The smallest absolute Gasteiger partial charge is 0.219 e. The van der Waals surface area contributed by atoms with Crippen molar-refractivity contribution in [3.05, 3.63) is 36.9 Å². The number of amides is 1. The van der Waals surface area contributed by atoms with E-state index < -0.39 is 21.5 Å². The Balaban J connectivity index is 1.70. The highest BCUT2D eigenvalue weighted by molar-refractivity contribution is 7.89. The van der Waals surface area contributed by atoms with Crippen LogP contribution in [0.15, 0.2) is 36.9 Å². The summed E-state index contributed by atoms with van der Waals surface area (Å²) in [7, 11) is -3.32. The minimum atomic E-state index is -3.32. The number of sulfonamides is 1. The van der Waals surface area contributed by atoms with Gasteiger partial charge in [-0.05, 0) is 24.6 Å². The van der Waals surface area contributed by atoms with E-state index in [0.29, 0.717) is 0 Å². The Hall–Kier alpha value is -2.72. The minimum Gasteiger partial charge on any atom is -0.370 e. The van der Waals surface area contributed by atoms with E-state index in [1.165, 1.54) is 4.31 Å². The first-order valence-corrected chi connectivity index (χ1v) is 10.2. The number of fused-ring (bicyclic) bond motifs is 1. The lowest BCUT2D eigenvalue weighted by molar-refractivity contribution is -0.122. The second-order valence-electron chi connectivity index (χ2n) is 6.81. The Morgan fingerprint density at radius 2 is 2.15 bits per heavy atom. The number of hydrogen-bond acceptors (Lipinski definition) is 5. The molecule has 142 valence electrons. The summed E-state index contributed by atoms with van der Waals surface area (Å²) in [6, 6.07) is 3.83. The Morgan fingerprint density at radius 1 is 1.37 bits per heavy atom.